The van der Waals surface area contributed by atoms with Gasteiger partial charge < -0.3 is 9.64 Å². The van der Waals surface area contributed by atoms with Gasteiger partial charge in [-0.25, -0.2) is 5.48 Å². The lowest BCUT2D eigenvalue weighted by atomic mass is 9.84. The third-order valence-corrected chi connectivity index (χ3v) is 4.18. The molecule has 0 bridgehead atoms. The Morgan fingerprint density at radius 1 is 1.33 bits per heavy atom. The maximum atomic E-state index is 12.3. The molecule has 1 aromatic carbocycles. The smallest absolute Gasteiger partial charge is 0.274 e. The third kappa shape index (κ3) is 2.71. The molecule has 6 heteroatoms. The first-order valence-electron chi connectivity index (χ1n) is 7.18. The van der Waals surface area contributed by atoms with Crippen LogP contribution in [-0.4, -0.2) is 35.1 Å². The molecule has 0 aromatic heterocycles. The van der Waals surface area contributed by atoms with Crippen LogP contribution in [0.15, 0.2) is 18.2 Å². The van der Waals surface area contributed by atoms with Crippen molar-refractivity contribution >= 4 is 11.8 Å². The van der Waals surface area contributed by atoms with Gasteiger partial charge in [0, 0.05) is 23.6 Å². The highest BCUT2D eigenvalue weighted by molar-refractivity contribution is 5.93. The van der Waals surface area contributed by atoms with Gasteiger partial charge in [0.25, 0.3) is 5.91 Å². The summed E-state index contributed by atoms with van der Waals surface area (Å²) in [5.74, 6) is 0.397. The Kier molecular flexibility index (Phi) is 3.79. The van der Waals surface area contributed by atoms with E-state index in [4.69, 9.17) is 9.94 Å². The molecule has 1 aliphatic heterocycles. The van der Waals surface area contributed by atoms with Gasteiger partial charge in [-0.15, -0.1) is 0 Å². The summed E-state index contributed by atoms with van der Waals surface area (Å²) in [7, 11) is 0. The second kappa shape index (κ2) is 5.73. The number of rotatable bonds is 2. The van der Waals surface area contributed by atoms with E-state index >= 15 is 0 Å². The Bertz CT molecular complexity index is 569. The predicted molar refractivity (Wildman–Crippen MR) is 73.9 cm³/mol. The van der Waals surface area contributed by atoms with Crippen molar-refractivity contribution in [2.45, 2.75) is 25.8 Å². The van der Waals surface area contributed by atoms with E-state index in [0.717, 1.165) is 24.8 Å². The Morgan fingerprint density at radius 2 is 2.14 bits per heavy atom. The van der Waals surface area contributed by atoms with Crippen molar-refractivity contribution in [2.75, 3.05) is 13.2 Å². The van der Waals surface area contributed by atoms with Gasteiger partial charge in [-0.05, 0) is 25.0 Å². The van der Waals surface area contributed by atoms with E-state index in [0.29, 0.717) is 31.0 Å². The molecule has 0 atom stereocenters. The second-order valence-electron chi connectivity index (χ2n) is 5.50. The van der Waals surface area contributed by atoms with E-state index in [-0.39, 0.29) is 11.8 Å². The largest absolute Gasteiger partial charge is 0.491 e. The van der Waals surface area contributed by atoms with E-state index in [2.05, 4.69) is 0 Å². The van der Waals surface area contributed by atoms with Gasteiger partial charge >= 0.3 is 0 Å². The lowest BCUT2D eigenvalue weighted by molar-refractivity contribution is -0.138. The quantitative estimate of drug-likeness (QED) is 0.636. The summed E-state index contributed by atoms with van der Waals surface area (Å²) in [6.07, 6.45) is 3.11. The molecule has 21 heavy (non-hydrogen) atoms. The van der Waals surface area contributed by atoms with Crippen molar-refractivity contribution in [3.05, 3.63) is 29.3 Å². The Hall–Kier alpha value is -2.08. The lowest BCUT2D eigenvalue weighted by Gasteiger charge is -2.30. The van der Waals surface area contributed by atoms with Crippen molar-refractivity contribution in [1.82, 2.24) is 10.4 Å². The van der Waals surface area contributed by atoms with Crippen molar-refractivity contribution < 1.29 is 19.5 Å². The van der Waals surface area contributed by atoms with E-state index in [9.17, 15) is 9.59 Å². The van der Waals surface area contributed by atoms with Crippen LogP contribution in [0.25, 0.3) is 0 Å². The molecule has 1 aliphatic carbocycles. The summed E-state index contributed by atoms with van der Waals surface area (Å²) < 4.78 is 5.64. The molecule has 6 nitrogen and oxygen atoms in total. The number of benzene rings is 1. The topological polar surface area (TPSA) is 78.9 Å². The minimum absolute atomic E-state index is 0.172. The van der Waals surface area contributed by atoms with Gasteiger partial charge in [0.15, 0.2) is 0 Å². The van der Waals surface area contributed by atoms with Crippen LogP contribution in [0.5, 0.6) is 5.75 Å². The number of hydroxylamine groups is 1. The molecule has 0 radical (unpaired) electrons. The van der Waals surface area contributed by atoms with E-state index in [1.165, 1.54) is 0 Å². The Morgan fingerprint density at radius 3 is 2.81 bits per heavy atom. The monoisotopic (exact) mass is 290 g/mol. The van der Waals surface area contributed by atoms with Crippen molar-refractivity contribution in [1.29, 1.82) is 0 Å². The first-order chi connectivity index (χ1) is 10.2. The molecule has 1 heterocycles. The fraction of sp³-hybridized carbons (Fsp3) is 0.467. The third-order valence-electron chi connectivity index (χ3n) is 4.18. The zero-order valence-electron chi connectivity index (χ0n) is 11.7. The average molecular weight is 290 g/mol. The molecule has 1 saturated carbocycles. The zero-order valence-corrected chi connectivity index (χ0v) is 11.7. The zero-order chi connectivity index (χ0) is 14.8. The molecule has 0 spiro atoms. The number of hydrogen-bond acceptors (Lipinski definition) is 4. The number of carbonyl (C=O) groups excluding carboxylic acids is 2. The molecule has 1 aromatic rings. The SMILES string of the molecule is O=C(NO)c1ccc2c(c1)OCCN(C(=O)C1CCC1)C2. The standard InChI is InChI=1S/C15H18N2O4/c18-14(16-20)11-4-5-12-9-17(6-7-21-13(12)8-11)15(19)10-2-1-3-10/h4-5,8,10,20H,1-3,6-7,9H2,(H,16,18). The minimum Gasteiger partial charge on any atom is -0.491 e. The molecule has 2 aliphatic rings. The minimum atomic E-state index is -0.576. The second-order valence-corrected chi connectivity index (χ2v) is 5.50. The van der Waals surface area contributed by atoms with Crippen LogP contribution in [-0.2, 0) is 11.3 Å². The van der Waals surface area contributed by atoms with Crippen LogP contribution >= 0.6 is 0 Å². The maximum absolute atomic E-state index is 12.3. The number of carbonyl (C=O) groups is 2. The van der Waals surface area contributed by atoms with Gasteiger partial charge in [-0.3, -0.25) is 14.8 Å². The Labute approximate surface area is 122 Å². The highest BCUT2D eigenvalue weighted by Crippen LogP contribution is 2.31. The summed E-state index contributed by atoms with van der Waals surface area (Å²) in [5, 5.41) is 8.66. The van der Waals surface area contributed by atoms with Crippen LogP contribution in [0, 0.1) is 5.92 Å². The summed E-state index contributed by atoms with van der Waals surface area (Å²) in [6, 6.07) is 4.98. The fourth-order valence-electron chi connectivity index (χ4n) is 2.68. The van der Waals surface area contributed by atoms with Crippen molar-refractivity contribution in [2.24, 2.45) is 5.92 Å². The highest BCUT2D eigenvalue weighted by atomic mass is 16.5. The Balaban J connectivity index is 1.79. The number of fused-ring (bicyclic) bond motifs is 1. The molecular weight excluding hydrogens is 272 g/mol. The predicted octanol–water partition coefficient (Wildman–Crippen LogP) is 1.33. The van der Waals surface area contributed by atoms with Crippen LogP contribution in [0.1, 0.15) is 35.2 Å². The first-order valence-corrected chi connectivity index (χ1v) is 7.18. The molecule has 3 rings (SSSR count). The van der Waals surface area contributed by atoms with E-state index < -0.39 is 5.91 Å². The summed E-state index contributed by atoms with van der Waals surface area (Å²) in [6.45, 7) is 1.48. The molecule has 112 valence electrons. The van der Waals surface area contributed by atoms with Gasteiger partial charge in [0.05, 0.1) is 6.54 Å². The van der Waals surface area contributed by atoms with Crippen molar-refractivity contribution in [3.63, 3.8) is 0 Å². The van der Waals surface area contributed by atoms with Crippen LogP contribution in [0.2, 0.25) is 0 Å². The highest BCUT2D eigenvalue weighted by Gasteiger charge is 2.30. The maximum Gasteiger partial charge on any atom is 0.274 e. The molecule has 2 N–H and O–H groups in total. The van der Waals surface area contributed by atoms with Gasteiger partial charge in [-0.2, -0.15) is 0 Å². The number of nitrogens with one attached hydrogen (secondary N) is 1. The van der Waals surface area contributed by atoms with Gasteiger partial charge in [0.2, 0.25) is 5.91 Å². The van der Waals surface area contributed by atoms with Crippen molar-refractivity contribution in [3.8, 4) is 5.75 Å². The van der Waals surface area contributed by atoms with Crippen LogP contribution in [0.4, 0.5) is 0 Å². The number of hydrogen-bond donors (Lipinski definition) is 2. The van der Waals surface area contributed by atoms with E-state index in [1.54, 1.807) is 23.7 Å². The number of ether oxygens (including phenoxy) is 1. The van der Waals surface area contributed by atoms with Gasteiger partial charge in [0.1, 0.15) is 12.4 Å². The summed E-state index contributed by atoms with van der Waals surface area (Å²) in [4.78, 5) is 25.6. The first kappa shape index (κ1) is 13.9. The number of amides is 2. The normalized spacial score (nSPS) is 18.0. The molecule has 2 amide bonds. The van der Waals surface area contributed by atoms with Crippen LogP contribution in [0.3, 0.4) is 0 Å². The van der Waals surface area contributed by atoms with Gasteiger partial charge in [-0.1, -0.05) is 12.5 Å². The van der Waals surface area contributed by atoms with E-state index in [1.807, 2.05) is 4.90 Å². The molecule has 0 unspecified atom stereocenters. The lowest BCUT2D eigenvalue weighted by Crippen LogP contribution is -2.39. The summed E-state index contributed by atoms with van der Waals surface area (Å²) >= 11 is 0. The molecular formula is C15H18N2O4. The fourth-order valence-corrected chi connectivity index (χ4v) is 2.68. The molecule has 0 saturated heterocycles. The average Bonchev–Trinajstić information content (AvgIpc) is 2.65. The summed E-state index contributed by atoms with van der Waals surface area (Å²) in [5.41, 5.74) is 2.81. The number of nitrogens with zero attached hydrogens (tertiary/aromatic N) is 1. The van der Waals surface area contributed by atoms with Crippen LogP contribution < -0.4 is 10.2 Å². The molecule has 1 fully saturated rings.